The van der Waals surface area contributed by atoms with E-state index in [0.29, 0.717) is 6.42 Å². The number of aliphatic hydroxyl groups excluding tert-OH is 2. The van der Waals surface area contributed by atoms with Crippen LogP contribution in [0.25, 0.3) is 22.5 Å². The van der Waals surface area contributed by atoms with Crippen LogP contribution in [-0.2, 0) is 20.1 Å². The average Bonchev–Trinajstić information content (AvgIpc) is 2.81. The summed E-state index contributed by atoms with van der Waals surface area (Å²) in [5.41, 5.74) is 6.49. The van der Waals surface area contributed by atoms with E-state index in [2.05, 4.69) is 48.1 Å². The first kappa shape index (κ1) is 29.3. The zero-order valence-corrected chi connectivity index (χ0v) is 22.5. The van der Waals surface area contributed by atoms with Crippen molar-refractivity contribution in [1.82, 2.24) is 9.97 Å². The zero-order chi connectivity index (χ0) is 24.1. The Morgan fingerprint density at radius 2 is 1.09 bits per heavy atom. The van der Waals surface area contributed by atoms with Crippen molar-refractivity contribution >= 4 is 0 Å². The monoisotopic (exact) mass is 633 g/mol. The van der Waals surface area contributed by atoms with Gasteiger partial charge in [-0.15, -0.1) is 70.8 Å². The Bertz CT molecular complexity index is 950. The van der Waals surface area contributed by atoms with Gasteiger partial charge in [-0.1, -0.05) is 38.1 Å². The molecule has 4 rings (SSSR count). The third kappa shape index (κ3) is 11.4. The molecule has 0 amide bonds. The molecule has 34 heavy (non-hydrogen) atoms. The molecule has 2 unspecified atom stereocenters. The van der Waals surface area contributed by atoms with E-state index in [1.807, 2.05) is 60.7 Å². The maximum absolute atomic E-state index is 8.56. The van der Waals surface area contributed by atoms with Gasteiger partial charge in [-0.3, -0.25) is 0 Å². The van der Waals surface area contributed by atoms with E-state index in [1.54, 1.807) is 26.2 Å². The van der Waals surface area contributed by atoms with Crippen molar-refractivity contribution in [2.75, 3.05) is 0 Å². The van der Waals surface area contributed by atoms with Gasteiger partial charge in [-0.05, 0) is 43.8 Å². The summed E-state index contributed by atoms with van der Waals surface area (Å²) in [7, 11) is 0. The number of hydrogen-bond donors (Lipinski definition) is 2. The average molecular weight is 633 g/mol. The molecule has 0 aliphatic heterocycles. The van der Waals surface area contributed by atoms with Crippen LogP contribution in [0.15, 0.2) is 85.2 Å². The molecule has 0 saturated carbocycles. The van der Waals surface area contributed by atoms with Crippen LogP contribution in [0, 0.1) is 26.0 Å². The number of pyridine rings is 2. The summed E-state index contributed by atoms with van der Waals surface area (Å²) in [6, 6.07) is 30.3. The molecule has 2 heterocycles. The van der Waals surface area contributed by atoms with Crippen LogP contribution in [0.5, 0.6) is 0 Å². The zero-order valence-electron chi connectivity index (χ0n) is 20.1. The summed E-state index contributed by atoms with van der Waals surface area (Å²) in [5.74, 6) is 0. The van der Waals surface area contributed by atoms with Gasteiger partial charge in [-0.25, -0.2) is 0 Å². The summed E-state index contributed by atoms with van der Waals surface area (Å²) in [4.78, 5) is 8.49. The molecule has 4 nitrogen and oxygen atoms in total. The normalized spacial score (nSPS) is 11.5. The van der Waals surface area contributed by atoms with Crippen LogP contribution in [0.3, 0.4) is 0 Å². The van der Waals surface area contributed by atoms with Gasteiger partial charge >= 0.3 is 0 Å². The summed E-state index contributed by atoms with van der Waals surface area (Å²) in [6.07, 6.45) is 3.31. The van der Waals surface area contributed by atoms with Crippen molar-refractivity contribution in [2.45, 2.75) is 46.3 Å². The molecule has 2 N–H and O–H groups in total. The number of nitrogens with zero attached hydrogens (tertiary/aromatic N) is 2. The first-order chi connectivity index (χ1) is 15.8. The van der Waals surface area contributed by atoms with Gasteiger partial charge in [0.25, 0.3) is 0 Å². The predicted molar refractivity (Wildman–Crippen MR) is 134 cm³/mol. The molecule has 5 heteroatoms. The molecule has 0 saturated heterocycles. The first-order valence-corrected chi connectivity index (χ1v) is 11.0. The molecule has 2 aromatic carbocycles. The fraction of sp³-hybridized carbons (Fsp3) is 0.241. The summed E-state index contributed by atoms with van der Waals surface area (Å²) < 4.78 is 0. The molecular formula is C29H32IrN2O2-2. The second-order valence-electron chi connectivity index (χ2n) is 7.92. The number of aryl methyl sites for hydroxylation is 2. The van der Waals surface area contributed by atoms with Crippen molar-refractivity contribution in [2.24, 2.45) is 0 Å². The van der Waals surface area contributed by atoms with E-state index in [9.17, 15) is 0 Å². The summed E-state index contributed by atoms with van der Waals surface area (Å²) in [6.45, 7) is 7.43. The van der Waals surface area contributed by atoms with Gasteiger partial charge in [0.05, 0.1) is 12.2 Å². The molecule has 2 atom stereocenters. The molecule has 0 bridgehead atoms. The number of rotatable bonds is 4. The van der Waals surface area contributed by atoms with Crippen LogP contribution >= 0.6 is 0 Å². The Hall–Kier alpha value is -2.69. The van der Waals surface area contributed by atoms with Crippen LogP contribution in [0.1, 0.15) is 31.4 Å². The Labute approximate surface area is 217 Å². The molecule has 0 aliphatic rings. The minimum atomic E-state index is -0.375. The molecule has 181 valence electrons. The van der Waals surface area contributed by atoms with Gasteiger partial charge in [-0.2, -0.15) is 0 Å². The van der Waals surface area contributed by atoms with E-state index >= 15 is 0 Å². The second kappa shape index (κ2) is 16.0. The largest absolute Gasteiger partial charge is 0.393 e. The van der Waals surface area contributed by atoms with Gasteiger partial charge in [0.1, 0.15) is 0 Å². The molecule has 0 fully saturated rings. The number of hydrogen-bond acceptors (Lipinski definition) is 4. The number of benzene rings is 2. The molecule has 4 aromatic rings. The third-order valence-electron chi connectivity index (χ3n) is 4.50. The molecule has 0 spiro atoms. The minimum absolute atomic E-state index is 0. The first-order valence-electron chi connectivity index (χ1n) is 11.0. The topological polar surface area (TPSA) is 66.2 Å². The van der Waals surface area contributed by atoms with Crippen LogP contribution in [0.2, 0.25) is 0 Å². The maximum atomic E-state index is 8.56. The van der Waals surface area contributed by atoms with E-state index in [4.69, 9.17) is 10.2 Å². The van der Waals surface area contributed by atoms with Crippen molar-refractivity contribution < 1.29 is 30.3 Å². The van der Waals surface area contributed by atoms with Crippen LogP contribution < -0.4 is 0 Å². The molecule has 1 radical (unpaired) electrons. The van der Waals surface area contributed by atoms with Crippen molar-refractivity contribution in [1.29, 1.82) is 0 Å². The Morgan fingerprint density at radius 3 is 1.32 bits per heavy atom. The van der Waals surface area contributed by atoms with Crippen molar-refractivity contribution in [3.63, 3.8) is 0 Å². The fourth-order valence-corrected chi connectivity index (χ4v) is 2.86. The summed E-state index contributed by atoms with van der Waals surface area (Å²) in [5, 5.41) is 17.1. The number of aliphatic hydroxyl groups is 2. The third-order valence-corrected chi connectivity index (χ3v) is 4.50. The smallest absolute Gasteiger partial charge is 0.0536 e. The van der Waals surface area contributed by atoms with Crippen molar-refractivity contribution in [3.05, 3.63) is 108 Å². The maximum Gasteiger partial charge on any atom is 0.0536 e. The molecular weight excluding hydrogens is 601 g/mol. The van der Waals surface area contributed by atoms with E-state index in [1.165, 1.54) is 11.1 Å². The van der Waals surface area contributed by atoms with E-state index in [0.717, 1.165) is 22.5 Å². The van der Waals surface area contributed by atoms with E-state index < -0.39 is 0 Å². The molecule has 0 aliphatic carbocycles. The Kier molecular flexibility index (Phi) is 13.8. The van der Waals surface area contributed by atoms with Gasteiger partial charge in [0.15, 0.2) is 0 Å². The quantitative estimate of drug-likeness (QED) is 0.277. The summed E-state index contributed by atoms with van der Waals surface area (Å²) >= 11 is 0. The minimum Gasteiger partial charge on any atom is -0.393 e. The predicted octanol–water partition coefficient (Wildman–Crippen LogP) is 5.85. The van der Waals surface area contributed by atoms with Gasteiger partial charge in [0.2, 0.25) is 0 Å². The SMILES string of the molecule is CC(O)CC(C)O.Cc1c[c-]c(-c2ccccn2)cc1.Cc1c[c-]c(-c2ccccn2)cc1.[Ir]. The van der Waals surface area contributed by atoms with Gasteiger partial charge in [0, 0.05) is 32.5 Å². The fourth-order valence-electron chi connectivity index (χ4n) is 2.86. The standard InChI is InChI=1S/2C12H10N.C5H12O2.Ir/c2*1-10-5-7-11(8-6-10)12-4-2-3-9-13-12;1-4(6)3-5(2)7;/h2*2-7,9H,1H3;4-7H,3H2,1-2H3;/q2*-1;;. The second-order valence-corrected chi connectivity index (χ2v) is 7.92. The van der Waals surface area contributed by atoms with Crippen LogP contribution in [-0.4, -0.2) is 32.4 Å². The molecule has 2 aromatic heterocycles. The Morgan fingerprint density at radius 1 is 0.676 bits per heavy atom. The van der Waals surface area contributed by atoms with Crippen molar-refractivity contribution in [3.8, 4) is 22.5 Å². The van der Waals surface area contributed by atoms with E-state index in [-0.39, 0.29) is 32.3 Å². The Balaban J connectivity index is 0.000000264. The number of aromatic nitrogens is 2. The van der Waals surface area contributed by atoms with Gasteiger partial charge < -0.3 is 20.2 Å². The van der Waals surface area contributed by atoms with Crippen LogP contribution in [0.4, 0.5) is 0 Å².